The average molecular weight is 290 g/mol. The lowest BCUT2D eigenvalue weighted by Crippen LogP contribution is -1.88. The van der Waals surface area contributed by atoms with E-state index in [4.69, 9.17) is 4.42 Å². The van der Waals surface area contributed by atoms with Gasteiger partial charge < -0.3 is 4.42 Å². The van der Waals surface area contributed by atoms with Crippen LogP contribution in [-0.4, -0.2) is 5.78 Å². The normalized spacial score (nSPS) is 11.9. The second-order valence-electron chi connectivity index (χ2n) is 5.61. The van der Waals surface area contributed by atoms with Crippen LogP contribution < -0.4 is 0 Å². The lowest BCUT2D eigenvalue weighted by Gasteiger charge is -2.04. The molecule has 0 aliphatic carbocycles. The van der Waals surface area contributed by atoms with Gasteiger partial charge in [0.25, 0.3) is 0 Å². The zero-order valence-corrected chi connectivity index (χ0v) is 13.0. The van der Waals surface area contributed by atoms with Crippen LogP contribution in [0.1, 0.15) is 25.0 Å². The third-order valence-electron chi connectivity index (χ3n) is 3.72. The summed E-state index contributed by atoms with van der Waals surface area (Å²) in [6, 6.07) is 16.2. The van der Waals surface area contributed by atoms with E-state index in [2.05, 4.69) is 31.2 Å². The Hall–Kier alpha value is -2.61. The molecule has 0 bridgehead atoms. The molecule has 3 aromatic rings. The number of aryl methyl sites for hydroxylation is 1. The number of fused-ring (bicyclic) bond motifs is 1. The molecule has 0 N–H and O–H groups in total. The van der Waals surface area contributed by atoms with Crippen molar-refractivity contribution in [3.05, 3.63) is 65.7 Å². The molecule has 0 saturated heterocycles. The third-order valence-corrected chi connectivity index (χ3v) is 3.72. The Bertz CT molecular complexity index is 864. The number of benzene rings is 2. The largest absolute Gasteiger partial charge is 0.455 e. The molecule has 0 fully saturated rings. The molecule has 1 heterocycles. The molecule has 0 unspecified atom stereocenters. The molecule has 0 saturated carbocycles. The van der Waals surface area contributed by atoms with Crippen LogP contribution in [0, 0.1) is 6.92 Å². The zero-order valence-electron chi connectivity index (χ0n) is 13.0. The quantitative estimate of drug-likeness (QED) is 0.604. The molecule has 110 valence electrons. The van der Waals surface area contributed by atoms with E-state index in [-0.39, 0.29) is 5.78 Å². The maximum atomic E-state index is 11.5. The van der Waals surface area contributed by atoms with Crippen molar-refractivity contribution in [1.29, 1.82) is 0 Å². The van der Waals surface area contributed by atoms with Gasteiger partial charge in [-0.05, 0) is 38.5 Å². The summed E-state index contributed by atoms with van der Waals surface area (Å²) in [7, 11) is 0. The minimum Gasteiger partial charge on any atom is -0.455 e. The van der Waals surface area contributed by atoms with Crippen LogP contribution in [0.3, 0.4) is 0 Å². The summed E-state index contributed by atoms with van der Waals surface area (Å²) in [4.78, 5) is 11.5. The highest BCUT2D eigenvalue weighted by Gasteiger charge is 2.17. The summed E-state index contributed by atoms with van der Waals surface area (Å²) in [5, 5.41) is 1.04. The number of rotatable bonds is 3. The van der Waals surface area contributed by atoms with Gasteiger partial charge >= 0.3 is 0 Å². The number of furan rings is 1. The Kier molecular flexibility index (Phi) is 3.68. The molecule has 0 radical (unpaired) electrons. The SMILES string of the molecule is CC(=O)/C=C(\C)c1c(-c2ccc(C)cc2)oc2ccccc12. The summed E-state index contributed by atoms with van der Waals surface area (Å²) in [5.41, 5.74) is 4.98. The highest BCUT2D eigenvalue weighted by Crippen LogP contribution is 2.37. The van der Waals surface area contributed by atoms with E-state index in [0.717, 1.165) is 33.4 Å². The van der Waals surface area contributed by atoms with E-state index in [9.17, 15) is 4.79 Å². The smallest absolute Gasteiger partial charge is 0.152 e. The zero-order chi connectivity index (χ0) is 15.7. The molecule has 0 amide bonds. The standard InChI is InChI=1S/C20H18O2/c1-13-8-10-16(11-9-13)20-19(14(2)12-15(3)21)17-6-4-5-7-18(17)22-20/h4-12H,1-3H3/b14-12+. The Morgan fingerprint density at radius 1 is 1.00 bits per heavy atom. The highest BCUT2D eigenvalue weighted by molar-refractivity contribution is 6.03. The summed E-state index contributed by atoms with van der Waals surface area (Å²) in [6.07, 6.45) is 1.66. The van der Waals surface area contributed by atoms with Gasteiger partial charge in [0.2, 0.25) is 0 Å². The summed E-state index contributed by atoms with van der Waals surface area (Å²) in [5.74, 6) is 0.855. The summed E-state index contributed by atoms with van der Waals surface area (Å²) >= 11 is 0. The molecule has 0 spiro atoms. The molecule has 2 nitrogen and oxygen atoms in total. The lowest BCUT2D eigenvalue weighted by atomic mass is 9.98. The number of hydrogen-bond donors (Lipinski definition) is 0. The number of para-hydroxylation sites is 1. The van der Waals surface area contributed by atoms with Gasteiger partial charge in [-0.25, -0.2) is 0 Å². The van der Waals surface area contributed by atoms with Crippen LogP contribution in [0.25, 0.3) is 27.9 Å². The Balaban J connectivity index is 2.29. The molecular weight excluding hydrogens is 272 g/mol. The predicted molar refractivity (Wildman–Crippen MR) is 90.7 cm³/mol. The van der Waals surface area contributed by atoms with Crippen LogP contribution in [0.4, 0.5) is 0 Å². The molecule has 22 heavy (non-hydrogen) atoms. The van der Waals surface area contributed by atoms with Gasteiger partial charge in [0, 0.05) is 16.5 Å². The van der Waals surface area contributed by atoms with E-state index in [1.54, 1.807) is 13.0 Å². The average Bonchev–Trinajstić information content (AvgIpc) is 2.86. The number of ketones is 1. The lowest BCUT2D eigenvalue weighted by molar-refractivity contribution is -0.112. The van der Waals surface area contributed by atoms with E-state index in [1.807, 2.05) is 31.2 Å². The third kappa shape index (κ3) is 2.60. The van der Waals surface area contributed by atoms with E-state index in [1.165, 1.54) is 5.56 Å². The topological polar surface area (TPSA) is 30.2 Å². The molecule has 0 atom stereocenters. The second kappa shape index (κ2) is 5.64. The number of allylic oxidation sites excluding steroid dienone is 2. The monoisotopic (exact) mass is 290 g/mol. The van der Waals surface area contributed by atoms with Gasteiger partial charge in [0.1, 0.15) is 11.3 Å². The first-order chi connectivity index (χ1) is 10.6. The van der Waals surface area contributed by atoms with Crippen molar-refractivity contribution in [3.63, 3.8) is 0 Å². The van der Waals surface area contributed by atoms with E-state index < -0.39 is 0 Å². The van der Waals surface area contributed by atoms with Crippen LogP contribution in [0.2, 0.25) is 0 Å². The number of carbonyl (C=O) groups is 1. The number of carbonyl (C=O) groups excluding carboxylic acids is 1. The molecule has 1 aromatic heterocycles. The first-order valence-corrected chi connectivity index (χ1v) is 7.34. The Morgan fingerprint density at radius 3 is 2.36 bits per heavy atom. The van der Waals surface area contributed by atoms with Crippen LogP contribution in [0.5, 0.6) is 0 Å². The summed E-state index contributed by atoms with van der Waals surface area (Å²) in [6.45, 7) is 5.58. The molecule has 3 rings (SSSR count). The van der Waals surface area contributed by atoms with E-state index >= 15 is 0 Å². The van der Waals surface area contributed by atoms with Gasteiger partial charge in [-0.2, -0.15) is 0 Å². The second-order valence-corrected chi connectivity index (χ2v) is 5.61. The van der Waals surface area contributed by atoms with Gasteiger partial charge in [0.05, 0.1) is 0 Å². The fourth-order valence-electron chi connectivity index (χ4n) is 2.72. The maximum absolute atomic E-state index is 11.5. The Labute approximate surface area is 130 Å². The highest BCUT2D eigenvalue weighted by atomic mass is 16.3. The van der Waals surface area contributed by atoms with Crippen LogP contribution >= 0.6 is 0 Å². The summed E-state index contributed by atoms with van der Waals surface area (Å²) < 4.78 is 6.08. The fourth-order valence-corrected chi connectivity index (χ4v) is 2.72. The maximum Gasteiger partial charge on any atom is 0.152 e. The van der Waals surface area contributed by atoms with Gasteiger partial charge in [0.15, 0.2) is 5.78 Å². The van der Waals surface area contributed by atoms with Crippen molar-refractivity contribution in [2.75, 3.05) is 0 Å². The Morgan fingerprint density at radius 2 is 1.68 bits per heavy atom. The van der Waals surface area contributed by atoms with Crippen molar-refractivity contribution in [3.8, 4) is 11.3 Å². The van der Waals surface area contributed by atoms with Crippen molar-refractivity contribution < 1.29 is 9.21 Å². The first kappa shape index (κ1) is 14.3. The van der Waals surface area contributed by atoms with Gasteiger partial charge in [-0.1, -0.05) is 48.0 Å². The van der Waals surface area contributed by atoms with Crippen LogP contribution in [0.15, 0.2) is 59.0 Å². The van der Waals surface area contributed by atoms with Crippen molar-refractivity contribution in [2.45, 2.75) is 20.8 Å². The molecule has 0 aliphatic heterocycles. The minimum atomic E-state index is 0.0395. The fraction of sp³-hybridized carbons (Fsp3) is 0.150. The molecule has 2 aromatic carbocycles. The van der Waals surface area contributed by atoms with E-state index in [0.29, 0.717) is 0 Å². The predicted octanol–water partition coefficient (Wildman–Crippen LogP) is 5.40. The van der Waals surface area contributed by atoms with Crippen molar-refractivity contribution in [2.24, 2.45) is 0 Å². The van der Waals surface area contributed by atoms with Crippen molar-refractivity contribution >= 4 is 22.3 Å². The van der Waals surface area contributed by atoms with Crippen molar-refractivity contribution in [1.82, 2.24) is 0 Å². The van der Waals surface area contributed by atoms with Gasteiger partial charge in [-0.3, -0.25) is 4.79 Å². The minimum absolute atomic E-state index is 0.0395. The molecular formula is C20H18O2. The van der Waals surface area contributed by atoms with Crippen LogP contribution in [-0.2, 0) is 4.79 Å². The molecule has 0 aliphatic rings. The van der Waals surface area contributed by atoms with Gasteiger partial charge in [-0.15, -0.1) is 0 Å². The first-order valence-electron chi connectivity index (χ1n) is 7.34. The number of hydrogen-bond acceptors (Lipinski definition) is 2. The molecule has 2 heteroatoms.